The highest BCUT2D eigenvalue weighted by Crippen LogP contribution is 2.12. The molecule has 0 aliphatic carbocycles. The molecule has 0 aromatic rings. The van der Waals surface area contributed by atoms with Gasteiger partial charge in [0, 0.05) is 13.1 Å². The molecule has 1 aliphatic heterocycles. The van der Waals surface area contributed by atoms with Crippen LogP contribution in [-0.2, 0) is 4.79 Å². The summed E-state index contributed by atoms with van der Waals surface area (Å²) in [5, 5.41) is 3.03. The normalized spacial score (nSPS) is 24.2. The molecule has 1 N–H and O–H groups in total. The van der Waals surface area contributed by atoms with Gasteiger partial charge in [-0.05, 0) is 19.4 Å². The Bertz CT molecular complexity index is 168. The number of nitrogens with one attached hydrogen (secondary N) is 1. The number of hydrogen-bond acceptors (Lipinski definition) is 2. The summed E-state index contributed by atoms with van der Waals surface area (Å²) in [6.45, 7) is 6.10. The lowest BCUT2D eigenvalue weighted by Crippen LogP contribution is -2.37. The first-order chi connectivity index (χ1) is 5.65. The highest BCUT2D eigenvalue weighted by atomic mass is 16.2. The van der Waals surface area contributed by atoms with E-state index in [0.29, 0.717) is 5.92 Å². The predicted octanol–water partition coefficient (Wildman–Crippen LogP) is 0.463. The lowest BCUT2D eigenvalue weighted by molar-refractivity contribution is -0.129. The van der Waals surface area contributed by atoms with Crippen LogP contribution in [0.5, 0.6) is 0 Å². The lowest BCUT2D eigenvalue weighted by Gasteiger charge is -2.18. The minimum Gasteiger partial charge on any atom is -0.341 e. The predicted molar refractivity (Wildman–Crippen MR) is 48.9 cm³/mol. The van der Waals surface area contributed by atoms with Gasteiger partial charge in [0.15, 0.2) is 0 Å². The molecule has 3 heteroatoms. The number of hydrogen-bond donors (Lipinski definition) is 1. The first-order valence-electron chi connectivity index (χ1n) is 4.61. The minimum atomic E-state index is 0.0729. The molecule has 1 unspecified atom stereocenters. The average Bonchev–Trinajstić information content (AvgIpc) is 2.32. The summed E-state index contributed by atoms with van der Waals surface area (Å²) in [6.07, 6.45) is 0.960. The van der Waals surface area contributed by atoms with Crippen molar-refractivity contribution in [3.05, 3.63) is 0 Å². The standard InChI is InChI=1S/C9H18N2O/c1-7(2)6-11-5-4-8(10-3)9(11)12/h7-8,10H,4-6H2,1-3H3. The largest absolute Gasteiger partial charge is 0.341 e. The van der Waals surface area contributed by atoms with E-state index < -0.39 is 0 Å². The van der Waals surface area contributed by atoms with Crippen LogP contribution in [0.25, 0.3) is 0 Å². The fourth-order valence-corrected chi connectivity index (χ4v) is 1.63. The summed E-state index contributed by atoms with van der Waals surface area (Å²) >= 11 is 0. The quantitative estimate of drug-likeness (QED) is 0.667. The Morgan fingerprint density at radius 3 is 2.75 bits per heavy atom. The zero-order chi connectivity index (χ0) is 9.14. The number of carbonyl (C=O) groups excluding carboxylic acids is 1. The van der Waals surface area contributed by atoms with Gasteiger partial charge in [0.25, 0.3) is 0 Å². The first-order valence-corrected chi connectivity index (χ1v) is 4.61. The van der Waals surface area contributed by atoms with Crippen molar-refractivity contribution in [1.82, 2.24) is 10.2 Å². The van der Waals surface area contributed by atoms with Gasteiger partial charge in [-0.25, -0.2) is 0 Å². The topological polar surface area (TPSA) is 32.3 Å². The zero-order valence-electron chi connectivity index (χ0n) is 8.13. The van der Waals surface area contributed by atoms with E-state index in [9.17, 15) is 4.79 Å². The monoisotopic (exact) mass is 170 g/mol. The summed E-state index contributed by atoms with van der Waals surface area (Å²) in [5.74, 6) is 0.843. The maximum absolute atomic E-state index is 11.5. The molecule has 0 bridgehead atoms. The first kappa shape index (κ1) is 9.52. The summed E-state index contributed by atoms with van der Waals surface area (Å²) in [6, 6.07) is 0.0729. The van der Waals surface area contributed by atoms with Gasteiger partial charge >= 0.3 is 0 Å². The zero-order valence-corrected chi connectivity index (χ0v) is 8.13. The maximum atomic E-state index is 11.5. The van der Waals surface area contributed by atoms with Gasteiger partial charge in [0.2, 0.25) is 5.91 Å². The van der Waals surface area contributed by atoms with Gasteiger partial charge in [0.1, 0.15) is 0 Å². The van der Waals surface area contributed by atoms with Gasteiger partial charge in [-0.1, -0.05) is 13.8 Å². The van der Waals surface area contributed by atoms with Crippen LogP contribution in [0.1, 0.15) is 20.3 Å². The fourth-order valence-electron chi connectivity index (χ4n) is 1.63. The highest BCUT2D eigenvalue weighted by molar-refractivity contribution is 5.83. The van der Waals surface area contributed by atoms with Crippen LogP contribution in [0.3, 0.4) is 0 Å². The second kappa shape index (κ2) is 3.90. The van der Waals surface area contributed by atoms with Crippen LogP contribution in [0, 0.1) is 5.92 Å². The molecule has 1 rings (SSSR count). The van der Waals surface area contributed by atoms with E-state index in [4.69, 9.17) is 0 Å². The molecule has 1 amide bonds. The van der Waals surface area contributed by atoms with Crippen molar-refractivity contribution >= 4 is 5.91 Å². The van der Waals surface area contributed by atoms with Crippen LogP contribution in [-0.4, -0.2) is 37.0 Å². The number of likely N-dealkylation sites (tertiary alicyclic amines) is 1. The summed E-state index contributed by atoms with van der Waals surface area (Å²) < 4.78 is 0. The van der Waals surface area contributed by atoms with Crippen LogP contribution in [0.2, 0.25) is 0 Å². The third-order valence-corrected chi connectivity index (χ3v) is 2.23. The van der Waals surface area contributed by atoms with E-state index in [1.165, 1.54) is 0 Å². The van der Waals surface area contributed by atoms with Gasteiger partial charge < -0.3 is 10.2 Å². The van der Waals surface area contributed by atoms with E-state index in [-0.39, 0.29) is 11.9 Å². The van der Waals surface area contributed by atoms with E-state index in [2.05, 4.69) is 19.2 Å². The molecule has 70 valence electrons. The summed E-state index contributed by atoms with van der Waals surface area (Å²) in [5.41, 5.74) is 0. The van der Waals surface area contributed by atoms with Crippen LogP contribution in [0.4, 0.5) is 0 Å². The number of likely N-dealkylation sites (N-methyl/N-ethyl adjacent to an activating group) is 1. The molecule has 1 fully saturated rings. The fraction of sp³-hybridized carbons (Fsp3) is 0.889. The minimum absolute atomic E-state index is 0.0729. The number of carbonyl (C=O) groups is 1. The average molecular weight is 170 g/mol. The number of amides is 1. The second-order valence-corrected chi connectivity index (χ2v) is 3.81. The molecule has 0 aromatic carbocycles. The van der Waals surface area contributed by atoms with Crippen molar-refractivity contribution in [1.29, 1.82) is 0 Å². The van der Waals surface area contributed by atoms with Crippen molar-refractivity contribution in [2.45, 2.75) is 26.3 Å². The molecule has 12 heavy (non-hydrogen) atoms. The molecule has 0 saturated carbocycles. The third kappa shape index (κ3) is 1.97. The molecule has 0 aromatic heterocycles. The van der Waals surface area contributed by atoms with E-state index in [1.807, 2.05) is 11.9 Å². The maximum Gasteiger partial charge on any atom is 0.239 e. The van der Waals surface area contributed by atoms with Crippen molar-refractivity contribution < 1.29 is 4.79 Å². The third-order valence-electron chi connectivity index (χ3n) is 2.23. The molecular weight excluding hydrogens is 152 g/mol. The smallest absolute Gasteiger partial charge is 0.239 e. The summed E-state index contributed by atoms with van der Waals surface area (Å²) in [7, 11) is 1.85. The molecule has 0 spiro atoms. The Kier molecular flexibility index (Phi) is 3.09. The number of rotatable bonds is 3. The van der Waals surface area contributed by atoms with E-state index >= 15 is 0 Å². The Balaban J connectivity index is 2.44. The molecule has 1 aliphatic rings. The molecule has 1 saturated heterocycles. The van der Waals surface area contributed by atoms with Crippen LogP contribution in [0.15, 0.2) is 0 Å². The molecule has 1 heterocycles. The Morgan fingerprint density at radius 1 is 1.67 bits per heavy atom. The second-order valence-electron chi connectivity index (χ2n) is 3.81. The van der Waals surface area contributed by atoms with Crippen LogP contribution < -0.4 is 5.32 Å². The van der Waals surface area contributed by atoms with Crippen molar-refractivity contribution in [3.63, 3.8) is 0 Å². The van der Waals surface area contributed by atoms with Crippen molar-refractivity contribution in [3.8, 4) is 0 Å². The van der Waals surface area contributed by atoms with Gasteiger partial charge in [-0.2, -0.15) is 0 Å². The Labute approximate surface area is 74.1 Å². The van der Waals surface area contributed by atoms with Gasteiger partial charge in [-0.3, -0.25) is 4.79 Å². The lowest BCUT2D eigenvalue weighted by atomic mass is 10.2. The van der Waals surface area contributed by atoms with Crippen molar-refractivity contribution in [2.75, 3.05) is 20.1 Å². The molecule has 1 atom stereocenters. The van der Waals surface area contributed by atoms with E-state index in [1.54, 1.807) is 0 Å². The molecular formula is C9H18N2O. The van der Waals surface area contributed by atoms with E-state index in [0.717, 1.165) is 19.5 Å². The molecule has 0 radical (unpaired) electrons. The highest BCUT2D eigenvalue weighted by Gasteiger charge is 2.29. The molecule has 3 nitrogen and oxygen atoms in total. The SMILES string of the molecule is CNC1CCN(CC(C)C)C1=O. The number of nitrogens with zero attached hydrogens (tertiary/aromatic N) is 1. The summed E-state index contributed by atoms with van der Waals surface area (Å²) in [4.78, 5) is 13.5. The van der Waals surface area contributed by atoms with Crippen molar-refractivity contribution in [2.24, 2.45) is 5.92 Å². The van der Waals surface area contributed by atoms with Gasteiger partial charge in [0.05, 0.1) is 6.04 Å². The Hall–Kier alpha value is -0.570. The van der Waals surface area contributed by atoms with Crippen LogP contribution >= 0.6 is 0 Å². The Morgan fingerprint density at radius 2 is 2.33 bits per heavy atom. The van der Waals surface area contributed by atoms with Gasteiger partial charge in [-0.15, -0.1) is 0 Å².